The van der Waals surface area contributed by atoms with Crippen LogP contribution in [0.2, 0.25) is 0 Å². The van der Waals surface area contributed by atoms with Crippen molar-refractivity contribution in [2.75, 3.05) is 6.54 Å². The van der Waals surface area contributed by atoms with E-state index in [1.165, 1.54) is 28.3 Å². The number of carboxylic acid groups (broad SMARTS) is 1. The number of nitrogens with zero attached hydrogens (tertiary/aromatic N) is 1. The Kier molecular flexibility index (Phi) is 10.2. The fraction of sp³-hybridized carbons (Fsp3) is 0.517. The van der Waals surface area contributed by atoms with Crippen LogP contribution >= 0.6 is 0 Å². The van der Waals surface area contributed by atoms with Gasteiger partial charge >= 0.3 is 0 Å². The molecule has 0 radical (unpaired) electrons. The third kappa shape index (κ3) is 7.77. The first-order valence-corrected chi connectivity index (χ1v) is 13.5. The maximum Gasteiger partial charge on any atom is 0.258 e. The van der Waals surface area contributed by atoms with Gasteiger partial charge in [-0.15, -0.1) is 0 Å². The highest BCUT2D eigenvalue weighted by molar-refractivity contribution is 5.92. The Morgan fingerprint density at radius 3 is 2.37 bits per heavy atom. The van der Waals surface area contributed by atoms with E-state index in [-0.39, 0.29) is 18.2 Å². The van der Waals surface area contributed by atoms with E-state index >= 15 is 0 Å². The lowest BCUT2D eigenvalue weighted by Crippen LogP contribution is -2.62. The van der Waals surface area contributed by atoms with Crippen molar-refractivity contribution >= 4 is 34.5 Å². The van der Waals surface area contributed by atoms with E-state index in [0.717, 1.165) is 18.4 Å². The number of hydrogen-bond acceptors (Lipinski definition) is 6. The van der Waals surface area contributed by atoms with Gasteiger partial charge in [0.25, 0.3) is 5.91 Å². The number of carbonyl (C=O) groups is 4. The van der Waals surface area contributed by atoms with E-state index in [9.17, 15) is 24.3 Å². The van der Waals surface area contributed by atoms with Gasteiger partial charge in [-0.05, 0) is 66.8 Å². The van der Waals surface area contributed by atoms with Crippen molar-refractivity contribution in [3.63, 3.8) is 0 Å². The first-order valence-electron chi connectivity index (χ1n) is 13.5. The zero-order valence-electron chi connectivity index (χ0n) is 22.7. The molecule has 1 heterocycles. The van der Waals surface area contributed by atoms with Gasteiger partial charge in [-0.1, -0.05) is 57.2 Å². The topological polar surface area (TPSA) is 131 Å². The minimum atomic E-state index is -1.27. The van der Waals surface area contributed by atoms with E-state index in [0.29, 0.717) is 25.8 Å². The molecule has 206 valence electrons. The van der Waals surface area contributed by atoms with Crippen molar-refractivity contribution in [3.8, 4) is 0 Å². The molecule has 1 aliphatic rings. The van der Waals surface area contributed by atoms with Gasteiger partial charge < -0.3 is 20.5 Å². The summed E-state index contributed by atoms with van der Waals surface area (Å²) in [5.41, 5.74) is 5.10. The van der Waals surface area contributed by atoms with Crippen LogP contribution in [0.5, 0.6) is 0 Å². The third-order valence-corrected chi connectivity index (χ3v) is 6.98. The maximum atomic E-state index is 12.9. The quantitative estimate of drug-likeness (QED) is 0.410. The largest absolute Gasteiger partial charge is 0.548 e. The van der Waals surface area contributed by atoms with Crippen LogP contribution in [0.4, 0.5) is 0 Å². The third-order valence-electron chi connectivity index (χ3n) is 6.98. The Morgan fingerprint density at radius 1 is 1.03 bits per heavy atom. The summed E-state index contributed by atoms with van der Waals surface area (Å²) in [6.45, 7) is 7.66. The lowest BCUT2D eigenvalue weighted by Gasteiger charge is -2.36. The van der Waals surface area contributed by atoms with Crippen LogP contribution in [0.25, 0.3) is 10.8 Å². The molecule has 2 aromatic carbocycles. The van der Waals surface area contributed by atoms with E-state index < -0.39 is 35.9 Å². The lowest BCUT2D eigenvalue weighted by atomic mass is 10.00. The summed E-state index contributed by atoms with van der Waals surface area (Å²) in [4.78, 5) is 49.5. The number of hydrazine groups is 1. The second-order valence-electron chi connectivity index (χ2n) is 10.4. The van der Waals surface area contributed by atoms with Crippen molar-refractivity contribution in [2.24, 2.45) is 5.92 Å². The van der Waals surface area contributed by atoms with Gasteiger partial charge in [0.1, 0.15) is 12.1 Å². The van der Waals surface area contributed by atoms with E-state index in [4.69, 9.17) is 0 Å². The molecule has 0 saturated carbocycles. The smallest absolute Gasteiger partial charge is 0.258 e. The molecule has 3 N–H and O–H groups in total. The fourth-order valence-electron chi connectivity index (χ4n) is 4.67. The van der Waals surface area contributed by atoms with E-state index in [2.05, 4.69) is 59.4 Å². The minimum absolute atomic E-state index is 0.190. The molecule has 2 unspecified atom stereocenters. The highest BCUT2D eigenvalue weighted by Crippen LogP contribution is 2.19. The minimum Gasteiger partial charge on any atom is -0.548 e. The molecule has 1 aliphatic heterocycles. The summed E-state index contributed by atoms with van der Waals surface area (Å²) < 4.78 is 0. The van der Waals surface area contributed by atoms with Crippen LogP contribution in [-0.2, 0) is 32.0 Å². The summed E-state index contributed by atoms with van der Waals surface area (Å²) in [7, 11) is 0. The number of amides is 3. The molecule has 38 heavy (non-hydrogen) atoms. The summed E-state index contributed by atoms with van der Waals surface area (Å²) in [5.74, 6) is -2.58. The van der Waals surface area contributed by atoms with Gasteiger partial charge in [0.15, 0.2) is 0 Å². The number of benzene rings is 2. The molecule has 3 rings (SSSR count). The van der Waals surface area contributed by atoms with Crippen LogP contribution in [-0.4, -0.2) is 53.4 Å². The van der Waals surface area contributed by atoms with Crippen molar-refractivity contribution in [1.29, 1.82) is 0 Å². The highest BCUT2D eigenvalue weighted by Gasteiger charge is 2.31. The number of hydrogen-bond donors (Lipinski definition) is 3. The zero-order valence-corrected chi connectivity index (χ0v) is 22.7. The Hall–Kier alpha value is -3.46. The molecule has 0 bridgehead atoms. The van der Waals surface area contributed by atoms with Gasteiger partial charge in [0.05, 0.1) is 12.0 Å². The van der Waals surface area contributed by atoms with Crippen molar-refractivity contribution in [1.82, 2.24) is 21.1 Å². The first-order chi connectivity index (χ1) is 18.1. The van der Waals surface area contributed by atoms with Crippen LogP contribution in [0.15, 0.2) is 36.4 Å². The highest BCUT2D eigenvalue weighted by atomic mass is 16.4. The fourth-order valence-corrected chi connectivity index (χ4v) is 4.67. The molecule has 3 atom stereocenters. The number of nitrogens with one attached hydrogen (secondary N) is 3. The maximum absolute atomic E-state index is 12.9. The first kappa shape index (κ1) is 29.1. The molecule has 0 aromatic heterocycles. The van der Waals surface area contributed by atoms with Gasteiger partial charge in [-0.2, -0.15) is 0 Å². The van der Waals surface area contributed by atoms with Crippen molar-refractivity contribution < 1.29 is 24.3 Å². The van der Waals surface area contributed by atoms with Crippen LogP contribution in [0.3, 0.4) is 0 Å². The number of rotatable bonds is 11. The molecular formula is C29H39N4O5-. The monoisotopic (exact) mass is 523 g/mol. The number of fused-ring (bicyclic) bond motifs is 1. The Labute approximate surface area is 224 Å². The molecule has 0 spiro atoms. The lowest BCUT2D eigenvalue weighted by molar-refractivity contribution is -0.310. The second kappa shape index (κ2) is 13.4. The molecule has 3 amide bonds. The molecule has 1 fully saturated rings. The van der Waals surface area contributed by atoms with E-state index in [1.54, 1.807) is 0 Å². The van der Waals surface area contributed by atoms with Gasteiger partial charge in [0.2, 0.25) is 11.8 Å². The average molecular weight is 524 g/mol. The van der Waals surface area contributed by atoms with Gasteiger partial charge in [-0.25, -0.2) is 5.43 Å². The number of aliphatic carboxylic acids is 1. The van der Waals surface area contributed by atoms with Crippen LogP contribution in [0, 0.1) is 5.92 Å². The number of carboxylic acids is 1. The predicted molar refractivity (Wildman–Crippen MR) is 144 cm³/mol. The predicted octanol–water partition coefficient (Wildman–Crippen LogP) is 1.62. The molecule has 0 aliphatic carbocycles. The molecule has 2 aromatic rings. The summed E-state index contributed by atoms with van der Waals surface area (Å²) in [6, 6.07) is 10.2. The van der Waals surface area contributed by atoms with E-state index in [1.807, 2.05) is 13.8 Å². The summed E-state index contributed by atoms with van der Waals surface area (Å²) in [5, 5.41) is 20.2. The zero-order chi connectivity index (χ0) is 27.8. The normalized spacial score (nSPS) is 17.2. The van der Waals surface area contributed by atoms with Gasteiger partial charge in [-0.3, -0.25) is 19.4 Å². The Morgan fingerprint density at radius 2 is 1.71 bits per heavy atom. The van der Waals surface area contributed by atoms with Crippen LogP contribution < -0.4 is 21.2 Å². The summed E-state index contributed by atoms with van der Waals surface area (Å²) in [6.07, 6.45) is 3.54. The SMILES string of the molecule is CCc1ccc2ccc(CCCC(=O)N[C@H](C(=O)NC(C)C(=O)N3CCCC(C(=O)[O-])N3)C(C)C)cc2c1. The molecule has 9 nitrogen and oxygen atoms in total. The number of aryl methyl sites for hydroxylation is 2. The molecule has 1 saturated heterocycles. The Bertz CT molecular complexity index is 1160. The standard InChI is InChI=1S/C29H40N4O5/c1-5-20-11-13-22-14-12-21(17-23(22)16-20)8-6-10-25(34)31-26(18(2)3)27(35)30-19(4)28(36)33-15-7-9-24(32-33)29(37)38/h11-14,16-19,24,26,32H,5-10,15H2,1-4H3,(H,30,35)(H,31,34)(H,37,38)/p-1/t19?,24?,26-/m0/s1. The number of carbonyl (C=O) groups excluding carboxylic acids is 4. The van der Waals surface area contributed by atoms with Gasteiger partial charge in [0, 0.05) is 13.0 Å². The van der Waals surface area contributed by atoms with Crippen LogP contribution in [0.1, 0.15) is 64.5 Å². The molecular weight excluding hydrogens is 484 g/mol. The molecule has 9 heteroatoms. The Balaban J connectivity index is 1.50. The second-order valence-corrected chi connectivity index (χ2v) is 10.4. The van der Waals surface area contributed by atoms with Crippen molar-refractivity contribution in [3.05, 3.63) is 47.5 Å². The average Bonchev–Trinajstić information content (AvgIpc) is 2.90. The van der Waals surface area contributed by atoms with Crippen molar-refractivity contribution in [2.45, 2.75) is 84.3 Å². The summed E-state index contributed by atoms with van der Waals surface area (Å²) >= 11 is 0.